The number of hydrogen-bond acceptors (Lipinski definition) is 4. The molecule has 0 unspecified atom stereocenters. The van der Waals surface area contributed by atoms with Crippen LogP contribution in [0.25, 0.3) is 0 Å². The smallest absolute Gasteiger partial charge is 0.277 e. The number of amides is 1. The van der Waals surface area contributed by atoms with E-state index in [1.165, 1.54) is 0 Å². The highest BCUT2D eigenvalue weighted by atomic mass is 79.9. The normalized spacial score (nSPS) is 10.6. The zero-order valence-corrected chi connectivity index (χ0v) is 16.6. The molecule has 0 fully saturated rings. The Hall–Kier alpha value is -3.12. The third-order valence-electron chi connectivity index (χ3n) is 3.73. The third kappa shape index (κ3) is 6.25. The van der Waals surface area contributed by atoms with Crippen LogP contribution >= 0.6 is 15.9 Å². The van der Waals surface area contributed by atoms with Crippen molar-refractivity contribution in [3.63, 3.8) is 0 Å². The Kier molecular flexibility index (Phi) is 7.21. The van der Waals surface area contributed by atoms with Crippen LogP contribution in [0, 0.1) is 0 Å². The Bertz CT molecular complexity index is 928. The Labute approximate surface area is 172 Å². The molecule has 1 amide bonds. The van der Waals surface area contributed by atoms with E-state index in [9.17, 15) is 4.79 Å². The van der Waals surface area contributed by atoms with Crippen molar-refractivity contribution in [3.05, 3.63) is 94.5 Å². The number of carbonyl (C=O) groups is 1. The zero-order valence-electron chi connectivity index (χ0n) is 15.0. The summed E-state index contributed by atoms with van der Waals surface area (Å²) < 4.78 is 12.3. The maximum absolute atomic E-state index is 11.8. The molecule has 0 bridgehead atoms. The Morgan fingerprint density at radius 3 is 2.43 bits per heavy atom. The summed E-state index contributed by atoms with van der Waals surface area (Å²) in [5.41, 5.74) is 4.28. The number of hydrazone groups is 1. The Morgan fingerprint density at radius 2 is 1.64 bits per heavy atom. The molecule has 6 heteroatoms. The number of benzene rings is 3. The topological polar surface area (TPSA) is 59.9 Å². The zero-order chi connectivity index (χ0) is 19.6. The van der Waals surface area contributed by atoms with Crippen molar-refractivity contribution < 1.29 is 14.3 Å². The molecular weight excluding hydrogens is 420 g/mol. The van der Waals surface area contributed by atoms with Crippen molar-refractivity contribution >= 4 is 28.1 Å². The van der Waals surface area contributed by atoms with Gasteiger partial charge in [0.1, 0.15) is 18.1 Å². The molecule has 0 atom stereocenters. The number of rotatable bonds is 8. The van der Waals surface area contributed by atoms with Gasteiger partial charge in [-0.15, -0.1) is 0 Å². The number of halogens is 1. The van der Waals surface area contributed by atoms with E-state index < -0.39 is 0 Å². The van der Waals surface area contributed by atoms with Crippen LogP contribution in [0.5, 0.6) is 11.5 Å². The van der Waals surface area contributed by atoms with Gasteiger partial charge in [-0.1, -0.05) is 58.4 Å². The Morgan fingerprint density at radius 1 is 0.929 bits per heavy atom. The van der Waals surface area contributed by atoms with Gasteiger partial charge in [-0.25, -0.2) is 5.43 Å². The molecule has 0 aliphatic rings. The van der Waals surface area contributed by atoms with Crippen molar-refractivity contribution in [2.24, 2.45) is 5.10 Å². The number of hydrogen-bond donors (Lipinski definition) is 1. The first-order valence-electron chi connectivity index (χ1n) is 8.67. The van der Waals surface area contributed by atoms with Gasteiger partial charge in [0, 0.05) is 10.0 Å². The summed E-state index contributed by atoms with van der Waals surface area (Å²) in [7, 11) is 0. The van der Waals surface area contributed by atoms with E-state index in [0.717, 1.165) is 15.6 Å². The fourth-order valence-electron chi connectivity index (χ4n) is 2.33. The molecule has 28 heavy (non-hydrogen) atoms. The van der Waals surface area contributed by atoms with Gasteiger partial charge in [0.2, 0.25) is 0 Å². The molecular formula is C22H19BrN2O3. The van der Waals surface area contributed by atoms with Crippen LogP contribution in [0.2, 0.25) is 0 Å². The summed E-state index contributed by atoms with van der Waals surface area (Å²) in [5.74, 6) is 0.977. The number of nitrogens with zero attached hydrogens (tertiary/aromatic N) is 1. The molecule has 0 saturated carbocycles. The largest absolute Gasteiger partial charge is 0.488 e. The second-order valence-electron chi connectivity index (χ2n) is 5.85. The van der Waals surface area contributed by atoms with Crippen molar-refractivity contribution in [1.82, 2.24) is 5.43 Å². The number of carbonyl (C=O) groups excluding carboxylic acids is 1. The molecule has 0 radical (unpaired) electrons. The van der Waals surface area contributed by atoms with E-state index in [1.807, 2.05) is 66.7 Å². The molecule has 3 aromatic rings. The predicted molar refractivity (Wildman–Crippen MR) is 113 cm³/mol. The van der Waals surface area contributed by atoms with Gasteiger partial charge >= 0.3 is 0 Å². The molecule has 5 nitrogen and oxygen atoms in total. The maximum Gasteiger partial charge on any atom is 0.277 e. The predicted octanol–water partition coefficient (Wildman–Crippen LogP) is 4.56. The van der Waals surface area contributed by atoms with Crippen LogP contribution < -0.4 is 14.9 Å². The van der Waals surface area contributed by atoms with Crippen LogP contribution in [0.15, 0.2) is 88.4 Å². The van der Waals surface area contributed by atoms with Crippen LogP contribution in [0.4, 0.5) is 0 Å². The van der Waals surface area contributed by atoms with Gasteiger partial charge in [0.25, 0.3) is 5.91 Å². The molecule has 142 valence electrons. The van der Waals surface area contributed by atoms with Crippen LogP contribution in [0.1, 0.15) is 11.1 Å². The van der Waals surface area contributed by atoms with E-state index in [4.69, 9.17) is 9.47 Å². The molecule has 0 aromatic heterocycles. The van der Waals surface area contributed by atoms with E-state index in [0.29, 0.717) is 18.1 Å². The molecule has 1 N–H and O–H groups in total. The lowest BCUT2D eigenvalue weighted by Crippen LogP contribution is -2.24. The lowest BCUT2D eigenvalue weighted by Gasteiger charge is -2.09. The third-order valence-corrected chi connectivity index (χ3v) is 4.26. The highest BCUT2D eigenvalue weighted by Gasteiger charge is 2.03. The van der Waals surface area contributed by atoms with E-state index >= 15 is 0 Å². The van der Waals surface area contributed by atoms with Gasteiger partial charge < -0.3 is 9.47 Å². The first-order valence-corrected chi connectivity index (χ1v) is 9.46. The average molecular weight is 439 g/mol. The van der Waals surface area contributed by atoms with Gasteiger partial charge in [0.15, 0.2) is 6.61 Å². The second kappa shape index (κ2) is 10.3. The molecule has 0 saturated heterocycles. The van der Waals surface area contributed by atoms with Crippen molar-refractivity contribution in [3.8, 4) is 11.5 Å². The maximum atomic E-state index is 11.8. The van der Waals surface area contributed by atoms with Gasteiger partial charge in [-0.05, 0) is 42.0 Å². The fourth-order valence-corrected chi connectivity index (χ4v) is 2.60. The van der Waals surface area contributed by atoms with Crippen molar-refractivity contribution in [2.45, 2.75) is 6.61 Å². The highest BCUT2D eigenvalue weighted by Crippen LogP contribution is 2.18. The lowest BCUT2D eigenvalue weighted by atomic mass is 10.2. The number of nitrogens with one attached hydrogen (secondary N) is 1. The second-order valence-corrected chi connectivity index (χ2v) is 6.76. The molecule has 0 heterocycles. The van der Waals surface area contributed by atoms with E-state index in [1.54, 1.807) is 18.3 Å². The number of ether oxygens (including phenoxy) is 2. The van der Waals surface area contributed by atoms with E-state index in [-0.39, 0.29) is 12.5 Å². The summed E-state index contributed by atoms with van der Waals surface area (Å²) in [6, 6.07) is 24.6. The van der Waals surface area contributed by atoms with Crippen LogP contribution in [0.3, 0.4) is 0 Å². The quantitative estimate of drug-likeness (QED) is 0.414. The molecule has 3 aromatic carbocycles. The number of para-hydroxylation sites is 2. The standard InChI is InChI=1S/C22H19BrN2O3/c23-19-12-10-17(11-13-19)15-28-21-9-5-4-6-18(21)14-24-25-22(26)16-27-20-7-2-1-3-8-20/h1-14H,15-16H2,(H,25,26)/b24-14-. The van der Waals surface area contributed by atoms with Gasteiger partial charge in [-0.3, -0.25) is 4.79 Å². The van der Waals surface area contributed by atoms with Crippen LogP contribution in [-0.4, -0.2) is 18.7 Å². The monoisotopic (exact) mass is 438 g/mol. The molecule has 0 aliphatic heterocycles. The minimum atomic E-state index is -0.339. The summed E-state index contributed by atoms with van der Waals surface area (Å²) in [4.78, 5) is 11.8. The first kappa shape index (κ1) is 19.6. The molecule has 0 spiro atoms. The van der Waals surface area contributed by atoms with Crippen LogP contribution in [-0.2, 0) is 11.4 Å². The fraction of sp³-hybridized carbons (Fsp3) is 0.0909. The lowest BCUT2D eigenvalue weighted by molar-refractivity contribution is -0.123. The van der Waals surface area contributed by atoms with E-state index in [2.05, 4.69) is 26.5 Å². The molecule has 0 aliphatic carbocycles. The SMILES string of the molecule is O=C(COc1ccccc1)N/N=C\c1ccccc1OCc1ccc(Br)cc1. The highest BCUT2D eigenvalue weighted by molar-refractivity contribution is 9.10. The first-order chi connectivity index (χ1) is 13.7. The minimum Gasteiger partial charge on any atom is -0.488 e. The molecule has 3 rings (SSSR count). The van der Waals surface area contributed by atoms with Crippen molar-refractivity contribution in [2.75, 3.05) is 6.61 Å². The van der Waals surface area contributed by atoms with Crippen molar-refractivity contribution in [1.29, 1.82) is 0 Å². The summed E-state index contributed by atoms with van der Waals surface area (Å²) in [5, 5.41) is 3.99. The van der Waals surface area contributed by atoms with Gasteiger partial charge in [0.05, 0.1) is 6.21 Å². The summed E-state index contributed by atoms with van der Waals surface area (Å²) in [6.45, 7) is 0.332. The average Bonchev–Trinajstić information content (AvgIpc) is 2.73. The summed E-state index contributed by atoms with van der Waals surface area (Å²) >= 11 is 3.42. The Balaban J connectivity index is 1.52. The van der Waals surface area contributed by atoms with Gasteiger partial charge in [-0.2, -0.15) is 5.10 Å². The minimum absolute atomic E-state index is 0.108. The summed E-state index contributed by atoms with van der Waals surface area (Å²) in [6.07, 6.45) is 1.55.